The van der Waals surface area contributed by atoms with E-state index in [2.05, 4.69) is 21.9 Å². The van der Waals surface area contributed by atoms with Gasteiger partial charge in [-0.05, 0) is 25.5 Å². The largest absolute Gasteiger partial charge is 0.369 e. The molecule has 6 nitrogen and oxygen atoms in total. The van der Waals surface area contributed by atoms with Gasteiger partial charge in [0.15, 0.2) is 5.65 Å². The number of anilines is 1. The van der Waals surface area contributed by atoms with Crippen LogP contribution in [0.15, 0.2) is 31.0 Å². The molecule has 0 fully saturated rings. The topological polar surface area (TPSA) is 74.5 Å². The lowest BCUT2D eigenvalue weighted by Gasteiger charge is -2.15. The van der Waals surface area contributed by atoms with Crippen LogP contribution in [0.5, 0.6) is 0 Å². The van der Waals surface area contributed by atoms with Crippen molar-refractivity contribution in [1.82, 2.24) is 24.1 Å². The molecule has 19 heavy (non-hydrogen) atoms. The van der Waals surface area contributed by atoms with Crippen LogP contribution in [0.1, 0.15) is 18.5 Å². The molecular weight excluding hydrogens is 240 g/mol. The molecular formula is C13H16N6. The summed E-state index contributed by atoms with van der Waals surface area (Å²) in [5.74, 6) is 0.501. The molecule has 0 bridgehead atoms. The van der Waals surface area contributed by atoms with Crippen molar-refractivity contribution in [1.29, 1.82) is 0 Å². The Balaban J connectivity index is 2.01. The number of fused-ring (bicyclic) bond motifs is 1. The second-order valence-electron chi connectivity index (χ2n) is 4.80. The third-order valence-electron chi connectivity index (χ3n) is 3.17. The Morgan fingerprint density at radius 2 is 2.26 bits per heavy atom. The van der Waals surface area contributed by atoms with E-state index in [0.717, 1.165) is 23.3 Å². The van der Waals surface area contributed by atoms with Gasteiger partial charge < -0.3 is 10.3 Å². The quantitative estimate of drug-likeness (QED) is 0.775. The Hall–Kier alpha value is -2.37. The van der Waals surface area contributed by atoms with Crippen molar-refractivity contribution in [2.75, 3.05) is 5.73 Å². The SMILES string of the molecule is Cc1cnc2c(c1)nc(N)n2C(C)Cn1ccnc1. The van der Waals surface area contributed by atoms with Crippen molar-refractivity contribution in [2.24, 2.45) is 0 Å². The third-order valence-corrected chi connectivity index (χ3v) is 3.17. The standard InChI is InChI=1S/C13H16N6/c1-9-5-11-12(16-6-9)19(13(14)17-11)10(2)7-18-4-3-15-8-18/h3-6,8,10H,7H2,1-2H3,(H2,14,17). The maximum Gasteiger partial charge on any atom is 0.202 e. The minimum absolute atomic E-state index is 0.161. The van der Waals surface area contributed by atoms with E-state index in [9.17, 15) is 0 Å². The maximum atomic E-state index is 6.02. The number of nitrogens with zero attached hydrogens (tertiary/aromatic N) is 5. The molecule has 6 heteroatoms. The van der Waals surface area contributed by atoms with E-state index in [1.165, 1.54) is 0 Å². The molecule has 1 atom stereocenters. The summed E-state index contributed by atoms with van der Waals surface area (Å²) < 4.78 is 3.99. The van der Waals surface area contributed by atoms with Gasteiger partial charge in [0.25, 0.3) is 0 Å². The van der Waals surface area contributed by atoms with Gasteiger partial charge >= 0.3 is 0 Å². The number of imidazole rings is 2. The van der Waals surface area contributed by atoms with Crippen molar-refractivity contribution in [3.05, 3.63) is 36.5 Å². The second kappa shape index (κ2) is 4.38. The van der Waals surface area contributed by atoms with Crippen LogP contribution in [0, 0.1) is 6.92 Å². The summed E-state index contributed by atoms with van der Waals surface area (Å²) in [7, 11) is 0. The van der Waals surface area contributed by atoms with E-state index in [1.807, 2.05) is 34.5 Å². The summed E-state index contributed by atoms with van der Waals surface area (Å²) in [6.07, 6.45) is 7.33. The molecule has 0 saturated heterocycles. The Morgan fingerprint density at radius 1 is 1.42 bits per heavy atom. The number of rotatable bonds is 3. The van der Waals surface area contributed by atoms with Crippen LogP contribution in [0.25, 0.3) is 11.2 Å². The minimum atomic E-state index is 0.161. The first-order chi connectivity index (χ1) is 9.15. The molecule has 0 aliphatic heterocycles. The van der Waals surface area contributed by atoms with Crippen molar-refractivity contribution < 1.29 is 0 Å². The van der Waals surface area contributed by atoms with Gasteiger partial charge in [-0.1, -0.05) is 0 Å². The highest BCUT2D eigenvalue weighted by Crippen LogP contribution is 2.22. The van der Waals surface area contributed by atoms with Crippen LogP contribution in [0.3, 0.4) is 0 Å². The molecule has 3 aromatic rings. The fourth-order valence-corrected chi connectivity index (χ4v) is 2.32. The smallest absolute Gasteiger partial charge is 0.202 e. The molecule has 1 unspecified atom stereocenters. The predicted octanol–water partition coefficient (Wildman–Crippen LogP) is 1.78. The molecule has 0 spiro atoms. The minimum Gasteiger partial charge on any atom is -0.369 e. The van der Waals surface area contributed by atoms with Gasteiger partial charge in [0.1, 0.15) is 5.52 Å². The number of nitrogens with two attached hydrogens (primary N) is 1. The van der Waals surface area contributed by atoms with E-state index in [0.29, 0.717) is 5.95 Å². The molecule has 0 amide bonds. The van der Waals surface area contributed by atoms with Crippen LogP contribution < -0.4 is 5.73 Å². The molecule has 0 radical (unpaired) electrons. The monoisotopic (exact) mass is 256 g/mol. The van der Waals surface area contributed by atoms with Gasteiger partial charge in [0.05, 0.1) is 12.4 Å². The van der Waals surface area contributed by atoms with E-state index >= 15 is 0 Å². The highest BCUT2D eigenvalue weighted by Gasteiger charge is 2.15. The van der Waals surface area contributed by atoms with E-state index in [1.54, 1.807) is 12.5 Å². The van der Waals surface area contributed by atoms with Gasteiger partial charge in [0, 0.05) is 25.1 Å². The van der Waals surface area contributed by atoms with Crippen LogP contribution in [0.2, 0.25) is 0 Å². The zero-order chi connectivity index (χ0) is 13.4. The Labute approximate surface area is 110 Å². The Kier molecular flexibility index (Phi) is 2.70. The van der Waals surface area contributed by atoms with Crippen molar-refractivity contribution in [3.63, 3.8) is 0 Å². The molecule has 0 aliphatic carbocycles. The molecule has 0 aromatic carbocycles. The molecule has 0 aliphatic rings. The third kappa shape index (κ3) is 2.05. The lowest BCUT2D eigenvalue weighted by molar-refractivity contribution is 0.477. The Bertz CT molecular complexity index is 697. The molecule has 98 valence electrons. The summed E-state index contributed by atoms with van der Waals surface area (Å²) >= 11 is 0. The lowest BCUT2D eigenvalue weighted by Crippen LogP contribution is -2.14. The summed E-state index contributed by atoms with van der Waals surface area (Å²) in [5.41, 5.74) is 8.77. The predicted molar refractivity (Wildman–Crippen MR) is 73.6 cm³/mol. The number of aromatic nitrogens is 5. The van der Waals surface area contributed by atoms with Crippen LogP contribution in [0.4, 0.5) is 5.95 Å². The van der Waals surface area contributed by atoms with Gasteiger partial charge in [-0.2, -0.15) is 0 Å². The Morgan fingerprint density at radius 3 is 3.00 bits per heavy atom. The maximum absolute atomic E-state index is 6.02. The fraction of sp³-hybridized carbons (Fsp3) is 0.308. The van der Waals surface area contributed by atoms with Crippen molar-refractivity contribution >= 4 is 17.1 Å². The first-order valence-electron chi connectivity index (χ1n) is 6.21. The van der Waals surface area contributed by atoms with E-state index in [4.69, 9.17) is 5.73 Å². The molecule has 3 rings (SSSR count). The van der Waals surface area contributed by atoms with Crippen LogP contribution >= 0.6 is 0 Å². The van der Waals surface area contributed by atoms with Gasteiger partial charge in [-0.15, -0.1) is 0 Å². The van der Waals surface area contributed by atoms with Crippen molar-refractivity contribution in [2.45, 2.75) is 26.4 Å². The highest BCUT2D eigenvalue weighted by atomic mass is 15.2. The summed E-state index contributed by atoms with van der Waals surface area (Å²) in [5, 5.41) is 0. The average Bonchev–Trinajstić information content (AvgIpc) is 2.95. The van der Waals surface area contributed by atoms with Gasteiger partial charge in [-0.3, -0.25) is 4.57 Å². The summed E-state index contributed by atoms with van der Waals surface area (Å²) in [6, 6.07) is 2.16. The van der Waals surface area contributed by atoms with Crippen LogP contribution in [-0.4, -0.2) is 24.1 Å². The highest BCUT2D eigenvalue weighted by molar-refractivity contribution is 5.74. The molecule has 3 aromatic heterocycles. The van der Waals surface area contributed by atoms with Crippen molar-refractivity contribution in [3.8, 4) is 0 Å². The van der Waals surface area contributed by atoms with Gasteiger partial charge in [-0.25, -0.2) is 15.0 Å². The summed E-state index contributed by atoms with van der Waals surface area (Å²) in [4.78, 5) is 12.9. The number of pyridine rings is 1. The first kappa shape index (κ1) is 11.7. The summed E-state index contributed by atoms with van der Waals surface area (Å²) in [6.45, 7) is 4.88. The average molecular weight is 256 g/mol. The van der Waals surface area contributed by atoms with Crippen LogP contribution in [-0.2, 0) is 6.54 Å². The number of aryl methyl sites for hydroxylation is 1. The molecule has 2 N–H and O–H groups in total. The molecule has 0 saturated carbocycles. The number of hydrogen-bond donors (Lipinski definition) is 1. The zero-order valence-electron chi connectivity index (χ0n) is 11.0. The lowest BCUT2D eigenvalue weighted by atomic mass is 10.3. The first-order valence-corrected chi connectivity index (χ1v) is 6.21. The normalized spacial score (nSPS) is 12.9. The number of nitrogen functional groups attached to an aromatic ring is 1. The molecule has 3 heterocycles. The second-order valence-corrected chi connectivity index (χ2v) is 4.80. The zero-order valence-corrected chi connectivity index (χ0v) is 11.0. The van der Waals surface area contributed by atoms with Gasteiger partial charge in [0.2, 0.25) is 5.95 Å². The fourth-order valence-electron chi connectivity index (χ4n) is 2.32. The van der Waals surface area contributed by atoms with E-state index < -0.39 is 0 Å². The van der Waals surface area contributed by atoms with E-state index in [-0.39, 0.29) is 6.04 Å². The number of hydrogen-bond acceptors (Lipinski definition) is 4.